The summed E-state index contributed by atoms with van der Waals surface area (Å²) in [7, 11) is 1.60. The van der Waals surface area contributed by atoms with E-state index >= 15 is 0 Å². The predicted molar refractivity (Wildman–Crippen MR) is 86.6 cm³/mol. The summed E-state index contributed by atoms with van der Waals surface area (Å²) in [4.78, 5) is 2.70. The highest BCUT2D eigenvalue weighted by Crippen LogP contribution is 2.30. The van der Waals surface area contributed by atoms with Gasteiger partial charge in [-0.05, 0) is 30.7 Å². The summed E-state index contributed by atoms with van der Waals surface area (Å²) in [6.45, 7) is 3.19. The maximum atomic E-state index is 8.86. The lowest BCUT2D eigenvalue weighted by molar-refractivity contribution is 0.196. The smallest absolute Gasteiger partial charge is 0.163 e. The van der Waals surface area contributed by atoms with Gasteiger partial charge in [0.05, 0.1) is 13.7 Å². The third-order valence-electron chi connectivity index (χ3n) is 3.04. The molecule has 0 aliphatic carbocycles. The number of aryl methyl sites for hydroxylation is 1. The molecule has 0 saturated carbocycles. The van der Waals surface area contributed by atoms with Crippen molar-refractivity contribution in [3.8, 4) is 11.5 Å². The minimum atomic E-state index is -0.0181. The zero-order valence-corrected chi connectivity index (χ0v) is 13.2. The summed E-state index contributed by atoms with van der Waals surface area (Å²) < 4.78 is 10.7. The van der Waals surface area contributed by atoms with Crippen LogP contribution in [0.15, 0.2) is 30.3 Å². The van der Waals surface area contributed by atoms with E-state index in [0.29, 0.717) is 11.5 Å². The molecule has 0 radical (unpaired) electrons. The molecule has 1 heterocycles. The third-order valence-corrected chi connectivity index (χ3v) is 4.27. The number of aliphatic hydroxyl groups is 1. The van der Waals surface area contributed by atoms with Crippen LogP contribution >= 0.6 is 11.3 Å². The standard InChI is InChI=1S/C16H21NO3S/c1-3-13-5-6-14(21-13)11-17-12-4-7-15(19-2)16(10-12)20-9-8-18/h4-7,10,17-18H,3,8-9,11H2,1-2H3. The van der Waals surface area contributed by atoms with Crippen LogP contribution in [0.3, 0.4) is 0 Å². The van der Waals surface area contributed by atoms with Crippen molar-refractivity contribution in [1.29, 1.82) is 0 Å². The highest BCUT2D eigenvalue weighted by Gasteiger charge is 2.06. The molecule has 114 valence electrons. The number of benzene rings is 1. The number of thiophene rings is 1. The van der Waals surface area contributed by atoms with Crippen molar-refractivity contribution in [3.63, 3.8) is 0 Å². The van der Waals surface area contributed by atoms with Crippen LogP contribution in [0.4, 0.5) is 5.69 Å². The Kier molecular flexibility index (Phi) is 5.90. The SMILES string of the molecule is CCc1ccc(CNc2ccc(OC)c(OCCO)c2)s1. The van der Waals surface area contributed by atoms with E-state index in [-0.39, 0.29) is 13.2 Å². The van der Waals surface area contributed by atoms with E-state index in [4.69, 9.17) is 14.6 Å². The number of rotatable bonds is 8. The van der Waals surface area contributed by atoms with Gasteiger partial charge in [-0.1, -0.05) is 6.92 Å². The maximum Gasteiger partial charge on any atom is 0.163 e. The molecule has 0 fully saturated rings. The Hall–Kier alpha value is -1.72. The zero-order chi connectivity index (χ0) is 15.1. The van der Waals surface area contributed by atoms with Crippen molar-refractivity contribution in [2.75, 3.05) is 25.6 Å². The zero-order valence-electron chi connectivity index (χ0n) is 12.4. The van der Waals surface area contributed by atoms with Crippen LogP contribution in [-0.2, 0) is 13.0 Å². The molecule has 1 aromatic heterocycles. The summed E-state index contributed by atoms with van der Waals surface area (Å²) in [5.41, 5.74) is 0.968. The fourth-order valence-electron chi connectivity index (χ4n) is 1.95. The first-order valence-corrected chi connectivity index (χ1v) is 7.81. The highest BCUT2D eigenvalue weighted by molar-refractivity contribution is 7.12. The van der Waals surface area contributed by atoms with Gasteiger partial charge in [-0.25, -0.2) is 0 Å². The summed E-state index contributed by atoms with van der Waals surface area (Å²) in [5.74, 6) is 1.30. The van der Waals surface area contributed by atoms with Gasteiger partial charge in [0.1, 0.15) is 6.61 Å². The number of hydrogen-bond donors (Lipinski definition) is 2. The number of aliphatic hydroxyl groups excluding tert-OH is 1. The molecule has 2 aromatic rings. The molecule has 1 aromatic carbocycles. The van der Waals surface area contributed by atoms with Crippen LogP contribution in [-0.4, -0.2) is 25.4 Å². The lowest BCUT2D eigenvalue weighted by atomic mass is 10.2. The van der Waals surface area contributed by atoms with Gasteiger partial charge in [-0.15, -0.1) is 11.3 Å². The average Bonchev–Trinajstić information content (AvgIpc) is 2.99. The minimum Gasteiger partial charge on any atom is -0.493 e. The molecule has 4 nitrogen and oxygen atoms in total. The predicted octanol–water partition coefficient (Wildman–Crippen LogP) is 3.30. The van der Waals surface area contributed by atoms with E-state index in [0.717, 1.165) is 18.7 Å². The molecule has 2 rings (SSSR count). The molecule has 0 amide bonds. The van der Waals surface area contributed by atoms with E-state index in [1.54, 1.807) is 7.11 Å². The second-order valence-electron chi connectivity index (χ2n) is 4.51. The lowest BCUT2D eigenvalue weighted by Gasteiger charge is -2.12. The number of ether oxygens (including phenoxy) is 2. The molecule has 0 aliphatic heterocycles. The molecule has 0 saturated heterocycles. The van der Waals surface area contributed by atoms with E-state index in [1.165, 1.54) is 9.75 Å². The van der Waals surface area contributed by atoms with Crippen LogP contribution in [0.2, 0.25) is 0 Å². The molecule has 0 bridgehead atoms. The van der Waals surface area contributed by atoms with Gasteiger partial charge in [0.15, 0.2) is 11.5 Å². The number of anilines is 1. The first-order valence-electron chi connectivity index (χ1n) is 7.00. The van der Waals surface area contributed by atoms with Crippen LogP contribution < -0.4 is 14.8 Å². The van der Waals surface area contributed by atoms with E-state index in [2.05, 4.69) is 24.4 Å². The second-order valence-corrected chi connectivity index (χ2v) is 5.77. The van der Waals surface area contributed by atoms with Crippen LogP contribution in [0.5, 0.6) is 11.5 Å². The largest absolute Gasteiger partial charge is 0.493 e. The molecular weight excluding hydrogens is 286 g/mol. The third kappa shape index (κ3) is 4.37. The molecule has 0 aliphatic rings. The first kappa shape index (κ1) is 15.7. The van der Waals surface area contributed by atoms with Crippen molar-refractivity contribution < 1.29 is 14.6 Å². The number of methoxy groups -OCH3 is 1. The van der Waals surface area contributed by atoms with E-state index < -0.39 is 0 Å². The molecule has 2 N–H and O–H groups in total. The molecule has 21 heavy (non-hydrogen) atoms. The van der Waals surface area contributed by atoms with Gasteiger partial charge in [0, 0.05) is 28.1 Å². The van der Waals surface area contributed by atoms with Crippen molar-refractivity contribution in [3.05, 3.63) is 40.1 Å². The summed E-state index contributed by atoms with van der Waals surface area (Å²) in [6.07, 6.45) is 1.08. The Balaban J connectivity index is 2.02. The van der Waals surface area contributed by atoms with Crippen LogP contribution in [0, 0.1) is 0 Å². The number of nitrogens with one attached hydrogen (secondary N) is 1. The quantitative estimate of drug-likeness (QED) is 0.785. The molecule has 0 unspecified atom stereocenters. The topological polar surface area (TPSA) is 50.7 Å². The molecular formula is C16H21NO3S. The lowest BCUT2D eigenvalue weighted by Crippen LogP contribution is -2.04. The van der Waals surface area contributed by atoms with Gasteiger partial charge in [-0.2, -0.15) is 0 Å². The average molecular weight is 307 g/mol. The van der Waals surface area contributed by atoms with E-state index in [1.807, 2.05) is 29.5 Å². The van der Waals surface area contributed by atoms with Crippen molar-refractivity contribution in [1.82, 2.24) is 0 Å². The van der Waals surface area contributed by atoms with Crippen LogP contribution in [0.25, 0.3) is 0 Å². The monoisotopic (exact) mass is 307 g/mol. The molecule has 0 spiro atoms. The molecule has 0 atom stereocenters. The minimum absolute atomic E-state index is 0.0181. The van der Waals surface area contributed by atoms with Gasteiger partial charge in [0.25, 0.3) is 0 Å². The van der Waals surface area contributed by atoms with E-state index in [9.17, 15) is 0 Å². The van der Waals surface area contributed by atoms with Gasteiger partial charge < -0.3 is 19.9 Å². The summed E-state index contributed by atoms with van der Waals surface area (Å²) in [6, 6.07) is 10.0. The van der Waals surface area contributed by atoms with Crippen LogP contribution in [0.1, 0.15) is 16.7 Å². The molecule has 5 heteroatoms. The van der Waals surface area contributed by atoms with Gasteiger partial charge in [0.2, 0.25) is 0 Å². The first-order chi connectivity index (χ1) is 10.3. The van der Waals surface area contributed by atoms with Gasteiger partial charge >= 0.3 is 0 Å². The Morgan fingerprint density at radius 2 is 1.95 bits per heavy atom. The number of hydrogen-bond acceptors (Lipinski definition) is 5. The highest BCUT2D eigenvalue weighted by atomic mass is 32.1. The van der Waals surface area contributed by atoms with Crippen molar-refractivity contribution in [2.24, 2.45) is 0 Å². The van der Waals surface area contributed by atoms with Crippen molar-refractivity contribution >= 4 is 17.0 Å². The van der Waals surface area contributed by atoms with Gasteiger partial charge in [-0.3, -0.25) is 0 Å². The summed E-state index contributed by atoms with van der Waals surface area (Å²) >= 11 is 1.83. The Labute approximate surface area is 129 Å². The maximum absolute atomic E-state index is 8.86. The Bertz CT molecular complexity index is 568. The normalized spacial score (nSPS) is 10.4. The Morgan fingerprint density at radius 3 is 2.62 bits per heavy atom. The fraction of sp³-hybridized carbons (Fsp3) is 0.375. The van der Waals surface area contributed by atoms with Crippen molar-refractivity contribution in [2.45, 2.75) is 19.9 Å². The fourth-order valence-corrected chi connectivity index (χ4v) is 2.85. The Morgan fingerprint density at radius 1 is 1.14 bits per heavy atom. The summed E-state index contributed by atoms with van der Waals surface area (Å²) in [5, 5.41) is 12.2. The second kappa shape index (κ2) is 7.90.